The van der Waals surface area contributed by atoms with Crippen LogP contribution in [0.5, 0.6) is 5.88 Å². The van der Waals surface area contributed by atoms with Gasteiger partial charge in [0.25, 0.3) is 11.5 Å². The second-order valence-electron chi connectivity index (χ2n) is 7.13. The Labute approximate surface area is 186 Å². The topological polar surface area (TPSA) is 99.0 Å². The van der Waals surface area contributed by atoms with Crippen molar-refractivity contribution < 1.29 is 18.3 Å². The summed E-state index contributed by atoms with van der Waals surface area (Å²) in [6.07, 6.45) is 3.82. The average molecular weight is 451 g/mol. The monoisotopic (exact) mass is 451 g/mol. The largest absolute Gasteiger partial charge is 0.477 e. The molecule has 8 nitrogen and oxygen atoms in total. The Morgan fingerprint density at radius 2 is 1.91 bits per heavy atom. The van der Waals surface area contributed by atoms with Gasteiger partial charge in [-0.05, 0) is 42.3 Å². The van der Waals surface area contributed by atoms with Crippen molar-refractivity contribution in [1.29, 1.82) is 0 Å². The number of nitrogens with zero attached hydrogens (tertiary/aromatic N) is 4. The van der Waals surface area contributed by atoms with Gasteiger partial charge in [0.15, 0.2) is 11.6 Å². The molecule has 0 unspecified atom stereocenters. The maximum atomic E-state index is 13.5. The number of ether oxygens (including phenoxy) is 1. The number of fused-ring (bicyclic) bond motifs is 1. The van der Waals surface area contributed by atoms with E-state index in [2.05, 4.69) is 20.3 Å². The molecule has 2 aromatic heterocycles. The van der Waals surface area contributed by atoms with Crippen molar-refractivity contribution in [3.8, 4) is 5.88 Å². The number of aromatic nitrogens is 4. The Bertz CT molecular complexity index is 1390. The summed E-state index contributed by atoms with van der Waals surface area (Å²) in [6, 6.07) is 8.73. The summed E-state index contributed by atoms with van der Waals surface area (Å²) in [5.41, 5.74) is 1.06. The quantitative estimate of drug-likeness (QED) is 0.464. The highest BCUT2D eigenvalue weighted by molar-refractivity contribution is 5.93. The van der Waals surface area contributed by atoms with E-state index in [0.29, 0.717) is 29.0 Å². The molecular weight excluding hydrogens is 432 g/mol. The fourth-order valence-corrected chi connectivity index (χ4v) is 3.27. The van der Waals surface area contributed by atoms with E-state index in [-0.39, 0.29) is 18.7 Å². The fourth-order valence-electron chi connectivity index (χ4n) is 3.27. The van der Waals surface area contributed by atoms with Gasteiger partial charge in [0.05, 0.1) is 30.4 Å². The molecular formula is C23H19F2N5O3. The third kappa shape index (κ3) is 4.84. The Morgan fingerprint density at radius 3 is 2.70 bits per heavy atom. The molecule has 1 amide bonds. The van der Waals surface area contributed by atoms with E-state index in [1.165, 1.54) is 24.9 Å². The van der Waals surface area contributed by atoms with Crippen molar-refractivity contribution in [2.75, 3.05) is 6.61 Å². The smallest absolute Gasteiger partial charge is 0.266 e. The minimum atomic E-state index is -1.02. The van der Waals surface area contributed by atoms with Gasteiger partial charge in [0, 0.05) is 12.7 Å². The van der Waals surface area contributed by atoms with Crippen LogP contribution in [0.15, 0.2) is 60.0 Å². The number of carbonyl (C=O) groups excluding carboxylic acids is 1. The average Bonchev–Trinajstić information content (AvgIpc) is 2.81. The molecule has 0 saturated carbocycles. The molecule has 0 aliphatic carbocycles. The highest BCUT2D eigenvalue weighted by atomic mass is 19.2. The van der Waals surface area contributed by atoms with Crippen molar-refractivity contribution in [1.82, 2.24) is 24.8 Å². The summed E-state index contributed by atoms with van der Waals surface area (Å²) in [4.78, 5) is 37.6. The van der Waals surface area contributed by atoms with E-state index in [4.69, 9.17) is 4.74 Å². The second-order valence-corrected chi connectivity index (χ2v) is 7.13. The van der Waals surface area contributed by atoms with E-state index >= 15 is 0 Å². The standard InChI is InChI=1S/C23H19F2N5O3/c1-2-33-22-16-7-14(4-6-20(16)28-12-29-22)9-27-21(31)17-10-26-13-30(23(17)32)11-15-3-5-18(24)19(25)8-15/h3-8,10,12-13H,2,9,11H2,1H3,(H,27,31). The van der Waals surface area contributed by atoms with E-state index < -0.39 is 23.1 Å². The number of benzene rings is 2. The lowest BCUT2D eigenvalue weighted by Gasteiger charge is -2.10. The highest BCUT2D eigenvalue weighted by Crippen LogP contribution is 2.22. The lowest BCUT2D eigenvalue weighted by molar-refractivity contribution is 0.0948. The van der Waals surface area contributed by atoms with Crippen LogP contribution in [0.2, 0.25) is 0 Å². The van der Waals surface area contributed by atoms with Crippen LogP contribution in [-0.4, -0.2) is 32.0 Å². The van der Waals surface area contributed by atoms with E-state index in [1.807, 2.05) is 13.0 Å². The van der Waals surface area contributed by atoms with E-state index in [1.54, 1.807) is 12.1 Å². The first-order chi connectivity index (χ1) is 16.0. The molecule has 0 atom stereocenters. The van der Waals surface area contributed by atoms with Crippen LogP contribution in [0.4, 0.5) is 8.78 Å². The molecule has 4 aromatic rings. The van der Waals surface area contributed by atoms with Crippen LogP contribution in [0.1, 0.15) is 28.4 Å². The first-order valence-corrected chi connectivity index (χ1v) is 10.1. The molecule has 2 aromatic carbocycles. The number of carbonyl (C=O) groups is 1. The van der Waals surface area contributed by atoms with Crippen LogP contribution in [0, 0.1) is 11.6 Å². The molecule has 168 valence electrons. The zero-order chi connectivity index (χ0) is 23.4. The first kappa shape index (κ1) is 22.0. The predicted molar refractivity (Wildman–Crippen MR) is 116 cm³/mol. The minimum Gasteiger partial charge on any atom is -0.477 e. The Morgan fingerprint density at radius 1 is 1.09 bits per heavy atom. The van der Waals surface area contributed by atoms with Gasteiger partial charge in [-0.15, -0.1) is 0 Å². The lowest BCUT2D eigenvalue weighted by Crippen LogP contribution is -2.33. The third-order valence-corrected chi connectivity index (χ3v) is 4.88. The van der Waals surface area contributed by atoms with Gasteiger partial charge in [-0.2, -0.15) is 0 Å². The molecule has 0 aliphatic rings. The number of hydrogen-bond donors (Lipinski definition) is 1. The number of amides is 1. The van der Waals surface area contributed by atoms with Crippen molar-refractivity contribution in [3.05, 3.63) is 93.9 Å². The molecule has 2 heterocycles. The van der Waals surface area contributed by atoms with Crippen LogP contribution in [0.3, 0.4) is 0 Å². The summed E-state index contributed by atoms with van der Waals surface area (Å²) in [5, 5.41) is 3.41. The summed E-state index contributed by atoms with van der Waals surface area (Å²) in [7, 11) is 0. The molecule has 0 spiro atoms. The molecule has 33 heavy (non-hydrogen) atoms. The zero-order valence-corrected chi connectivity index (χ0v) is 17.6. The zero-order valence-electron chi connectivity index (χ0n) is 17.6. The molecule has 1 N–H and O–H groups in total. The Kier molecular flexibility index (Phi) is 6.34. The van der Waals surface area contributed by atoms with Gasteiger partial charge in [-0.3, -0.25) is 14.2 Å². The van der Waals surface area contributed by atoms with Gasteiger partial charge in [0.2, 0.25) is 5.88 Å². The molecule has 0 aliphatic heterocycles. The van der Waals surface area contributed by atoms with E-state index in [9.17, 15) is 18.4 Å². The third-order valence-electron chi connectivity index (χ3n) is 4.88. The fraction of sp³-hybridized carbons (Fsp3) is 0.174. The Hall–Kier alpha value is -4.21. The predicted octanol–water partition coefficient (Wildman–Crippen LogP) is 2.84. The van der Waals surface area contributed by atoms with Crippen molar-refractivity contribution in [2.24, 2.45) is 0 Å². The van der Waals surface area contributed by atoms with Crippen LogP contribution < -0.4 is 15.6 Å². The second kappa shape index (κ2) is 9.51. The molecule has 4 rings (SSSR count). The van der Waals surface area contributed by atoms with Gasteiger partial charge in [-0.1, -0.05) is 12.1 Å². The lowest BCUT2D eigenvalue weighted by atomic mass is 10.1. The van der Waals surface area contributed by atoms with Gasteiger partial charge >= 0.3 is 0 Å². The van der Waals surface area contributed by atoms with Crippen LogP contribution >= 0.6 is 0 Å². The highest BCUT2D eigenvalue weighted by Gasteiger charge is 2.14. The maximum absolute atomic E-state index is 13.5. The van der Waals surface area contributed by atoms with E-state index in [0.717, 1.165) is 22.3 Å². The molecule has 0 radical (unpaired) electrons. The minimum absolute atomic E-state index is 0.0605. The summed E-state index contributed by atoms with van der Waals surface area (Å²) in [5.74, 6) is -2.16. The first-order valence-electron chi connectivity index (χ1n) is 10.1. The number of rotatable bonds is 7. The number of hydrogen-bond acceptors (Lipinski definition) is 6. The summed E-state index contributed by atoms with van der Waals surface area (Å²) in [6.45, 7) is 2.39. The summed E-state index contributed by atoms with van der Waals surface area (Å²) >= 11 is 0. The van der Waals surface area contributed by atoms with Gasteiger partial charge in [0.1, 0.15) is 11.9 Å². The van der Waals surface area contributed by atoms with Crippen molar-refractivity contribution in [2.45, 2.75) is 20.0 Å². The van der Waals surface area contributed by atoms with Crippen LogP contribution in [0.25, 0.3) is 10.9 Å². The van der Waals surface area contributed by atoms with Crippen molar-refractivity contribution >= 4 is 16.8 Å². The SMILES string of the molecule is CCOc1ncnc2ccc(CNC(=O)c3cncn(Cc4ccc(F)c(F)c4)c3=O)cc12. The summed E-state index contributed by atoms with van der Waals surface area (Å²) < 4.78 is 33.3. The molecule has 0 bridgehead atoms. The molecule has 10 heteroatoms. The van der Waals surface area contributed by atoms with Gasteiger partial charge in [-0.25, -0.2) is 23.7 Å². The normalized spacial score (nSPS) is 10.9. The number of nitrogens with one attached hydrogen (secondary N) is 1. The molecule has 0 fully saturated rings. The van der Waals surface area contributed by atoms with Gasteiger partial charge < -0.3 is 10.1 Å². The Balaban J connectivity index is 1.51. The maximum Gasteiger partial charge on any atom is 0.266 e. The van der Waals surface area contributed by atoms with Crippen molar-refractivity contribution in [3.63, 3.8) is 0 Å². The van der Waals surface area contributed by atoms with Crippen LogP contribution in [-0.2, 0) is 13.1 Å². The number of halogens is 2. The molecule has 0 saturated heterocycles.